The van der Waals surface area contributed by atoms with Gasteiger partial charge in [0.1, 0.15) is 17.4 Å². The number of nitrogens with one attached hydrogen (secondary N) is 1. The van der Waals surface area contributed by atoms with Gasteiger partial charge in [-0.3, -0.25) is 9.59 Å². The fourth-order valence-electron chi connectivity index (χ4n) is 3.95. The molecule has 0 saturated heterocycles. The summed E-state index contributed by atoms with van der Waals surface area (Å²) >= 11 is 0. The summed E-state index contributed by atoms with van der Waals surface area (Å²) in [6, 6.07) is 14.5. The quantitative estimate of drug-likeness (QED) is 0.287. The highest BCUT2D eigenvalue weighted by Crippen LogP contribution is 2.35. The lowest BCUT2D eigenvalue weighted by atomic mass is 9.97. The van der Waals surface area contributed by atoms with Gasteiger partial charge in [0.15, 0.2) is 0 Å². The number of para-hydroxylation sites is 1. The number of rotatable bonds is 10. The van der Waals surface area contributed by atoms with Gasteiger partial charge in [-0.05, 0) is 41.5 Å². The molecule has 202 valence electrons. The van der Waals surface area contributed by atoms with Crippen molar-refractivity contribution in [1.82, 2.24) is 15.5 Å². The number of halogens is 2. The number of carbonyl (C=O) groups excluding carboxylic acids is 2. The van der Waals surface area contributed by atoms with Gasteiger partial charge >= 0.3 is 5.97 Å². The Balaban J connectivity index is 1.60. The van der Waals surface area contributed by atoms with Crippen LogP contribution in [0.15, 0.2) is 59.1 Å². The van der Waals surface area contributed by atoms with Gasteiger partial charge in [-0.1, -0.05) is 29.4 Å². The number of ether oxygens (including phenoxy) is 3. The third-order valence-corrected chi connectivity index (χ3v) is 5.86. The molecule has 9 nitrogen and oxygen atoms in total. The molecule has 0 spiro atoms. The maximum Gasteiger partial charge on any atom is 0.307 e. The number of aromatic nitrogens is 2. The van der Waals surface area contributed by atoms with Gasteiger partial charge in [0.05, 0.1) is 38.4 Å². The molecule has 0 fully saturated rings. The van der Waals surface area contributed by atoms with Crippen molar-refractivity contribution in [1.29, 1.82) is 0 Å². The molecule has 4 aromatic rings. The highest BCUT2D eigenvalue weighted by molar-refractivity contribution is 5.95. The molecule has 0 radical (unpaired) electrons. The number of benzene rings is 3. The minimum absolute atomic E-state index is 0.0818. The molecule has 4 rings (SSSR count). The van der Waals surface area contributed by atoms with Gasteiger partial charge in [0.25, 0.3) is 11.8 Å². The molecule has 11 heteroatoms. The molecule has 1 heterocycles. The Morgan fingerprint density at radius 2 is 1.74 bits per heavy atom. The Bertz CT molecular complexity index is 1500. The highest BCUT2D eigenvalue weighted by atomic mass is 19.1. The average molecular weight is 538 g/mol. The van der Waals surface area contributed by atoms with Gasteiger partial charge in [0.2, 0.25) is 5.82 Å². The molecule has 1 amide bonds. The van der Waals surface area contributed by atoms with Crippen LogP contribution in [-0.4, -0.2) is 49.9 Å². The first-order valence-electron chi connectivity index (χ1n) is 11.8. The molecule has 0 unspecified atom stereocenters. The number of nitrogens with zero attached hydrogens (tertiary/aromatic N) is 2. The summed E-state index contributed by atoms with van der Waals surface area (Å²) < 4.78 is 50.3. The predicted octanol–water partition coefficient (Wildman–Crippen LogP) is 4.80. The summed E-state index contributed by atoms with van der Waals surface area (Å²) in [6.07, 6.45) is -0.109. The Morgan fingerprint density at radius 1 is 0.949 bits per heavy atom. The predicted molar refractivity (Wildman–Crippen MR) is 137 cm³/mol. The molecule has 1 aromatic heterocycles. The van der Waals surface area contributed by atoms with E-state index in [1.165, 1.54) is 7.11 Å². The van der Waals surface area contributed by atoms with E-state index in [-0.39, 0.29) is 36.9 Å². The van der Waals surface area contributed by atoms with Crippen molar-refractivity contribution in [3.8, 4) is 39.7 Å². The van der Waals surface area contributed by atoms with Crippen molar-refractivity contribution in [2.24, 2.45) is 0 Å². The maximum atomic E-state index is 14.9. The van der Waals surface area contributed by atoms with Crippen LogP contribution in [0.25, 0.3) is 34.0 Å². The van der Waals surface area contributed by atoms with Gasteiger partial charge < -0.3 is 24.1 Å². The minimum atomic E-state index is -0.989. The zero-order valence-electron chi connectivity index (χ0n) is 21.4. The van der Waals surface area contributed by atoms with Crippen LogP contribution < -0.4 is 10.1 Å². The third-order valence-electron chi connectivity index (χ3n) is 5.86. The van der Waals surface area contributed by atoms with E-state index in [1.54, 1.807) is 26.4 Å². The average Bonchev–Trinajstić information content (AvgIpc) is 3.44. The van der Waals surface area contributed by atoms with Crippen molar-refractivity contribution in [3.63, 3.8) is 0 Å². The van der Waals surface area contributed by atoms with E-state index in [0.29, 0.717) is 11.3 Å². The van der Waals surface area contributed by atoms with Crippen LogP contribution >= 0.6 is 0 Å². The maximum absolute atomic E-state index is 14.9. The number of carbonyl (C=O) groups is 2. The first kappa shape index (κ1) is 27.4. The summed E-state index contributed by atoms with van der Waals surface area (Å²) in [5.74, 6) is -2.75. The van der Waals surface area contributed by atoms with Gasteiger partial charge in [-0.15, -0.1) is 0 Å². The lowest BCUT2D eigenvalue weighted by Gasteiger charge is -2.13. The van der Waals surface area contributed by atoms with E-state index in [4.69, 9.17) is 14.0 Å². The Hall–Kier alpha value is -4.64. The van der Waals surface area contributed by atoms with Crippen molar-refractivity contribution < 1.29 is 37.1 Å². The normalized spacial score (nSPS) is 10.8. The lowest BCUT2D eigenvalue weighted by Crippen LogP contribution is -2.27. The standard InChI is InChI=1S/C28H25F2N3O6/c1-36-15-17-12-16(8-9-18(17)19-6-4-5-7-24(19)37-2)28-32-26(33-39-28)20-13-23(30)21(14-22(20)29)27(35)31-11-10-25(34)38-3/h4-9,12-14H,10-11,15H2,1-3H3,(H,31,35). The van der Waals surface area contributed by atoms with E-state index >= 15 is 0 Å². The number of amides is 1. The smallest absolute Gasteiger partial charge is 0.307 e. The van der Waals surface area contributed by atoms with Crippen LogP contribution in [0.5, 0.6) is 5.75 Å². The fraction of sp³-hybridized carbons (Fsp3) is 0.214. The molecule has 0 aliphatic heterocycles. The minimum Gasteiger partial charge on any atom is -0.496 e. The monoisotopic (exact) mass is 537 g/mol. The van der Waals surface area contributed by atoms with E-state index in [9.17, 15) is 18.4 Å². The van der Waals surface area contributed by atoms with Crippen molar-refractivity contribution >= 4 is 11.9 Å². The summed E-state index contributed by atoms with van der Waals surface area (Å²) in [5, 5.41) is 6.15. The van der Waals surface area contributed by atoms with Crippen LogP contribution in [0.2, 0.25) is 0 Å². The molecule has 3 aromatic carbocycles. The number of methoxy groups -OCH3 is 3. The van der Waals surface area contributed by atoms with Crippen LogP contribution in [0.1, 0.15) is 22.3 Å². The van der Waals surface area contributed by atoms with Gasteiger partial charge in [0, 0.05) is 24.8 Å². The van der Waals surface area contributed by atoms with Crippen LogP contribution in [0.3, 0.4) is 0 Å². The molecule has 0 atom stereocenters. The molecule has 0 bridgehead atoms. The van der Waals surface area contributed by atoms with E-state index in [1.807, 2.05) is 30.3 Å². The number of esters is 1. The van der Waals surface area contributed by atoms with E-state index in [0.717, 1.165) is 28.8 Å². The van der Waals surface area contributed by atoms with Crippen molar-refractivity contribution in [2.75, 3.05) is 27.9 Å². The van der Waals surface area contributed by atoms with Crippen LogP contribution in [0.4, 0.5) is 8.78 Å². The Kier molecular flexibility index (Phi) is 8.62. The van der Waals surface area contributed by atoms with E-state index in [2.05, 4.69) is 20.2 Å². The van der Waals surface area contributed by atoms with E-state index < -0.39 is 29.1 Å². The molecular formula is C28H25F2N3O6. The first-order valence-corrected chi connectivity index (χ1v) is 11.8. The Morgan fingerprint density at radius 3 is 2.49 bits per heavy atom. The second-order valence-electron chi connectivity index (χ2n) is 8.32. The number of hydrogen-bond donors (Lipinski definition) is 1. The van der Waals surface area contributed by atoms with Crippen LogP contribution in [0, 0.1) is 11.6 Å². The molecule has 0 saturated carbocycles. The zero-order valence-corrected chi connectivity index (χ0v) is 21.4. The van der Waals surface area contributed by atoms with Gasteiger partial charge in [-0.2, -0.15) is 4.98 Å². The lowest BCUT2D eigenvalue weighted by molar-refractivity contribution is -0.140. The van der Waals surface area contributed by atoms with Gasteiger partial charge in [-0.25, -0.2) is 8.78 Å². The molecule has 1 N–H and O–H groups in total. The first-order chi connectivity index (χ1) is 18.9. The zero-order chi connectivity index (χ0) is 27.9. The SMILES string of the molecule is COCc1cc(-c2nc(-c3cc(F)c(C(=O)NCCC(=O)OC)cc3F)no2)ccc1-c1ccccc1OC. The largest absolute Gasteiger partial charge is 0.496 e. The van der Waals surface area contributed by atoms with Crippen LogP contribution in [-0.2, 0) is 20.9 Å². The summed E-state index contributed by atoms with van der Waals surface area (Å²) in [4.78, 5) is 27.7. The second kappa shape index (κ2) is 12.3. The van der Waals surface area contributed by atoms with Crippen molar-refractivity contribution in [2.45, 2.75) is 13.0 Å². The molecule has 0 aliphatic carbocycles. The molecule has 0 aliphatic rings. The fourth-order valence-corrected chi connectivity index (χ4v) is 3.95. The topological polar surface area (TPSA) is 113 Å². The second-order valence-corrected chi connectivity index (χ2v) is 8.32. The number of hydrogen-bond acceptors (Lipinski definition) is 8. The molecule has 39 heavy (non-hydrogen) atoms. The summed E-state index contributed by atoms with van der Waals surface area (Å²) in [5.41, 5.74) is 2.31. The highest BCUT2D eigenvalue weighted by Gasteiger charge is 2.21. The summed E-state index contributed by atoms with van der Waals surface area (Å²) in [7, 11) is 4.37. The summed E-state index contributed by atoms with van der Waals surface area (Å²) in [6.45, 7) is 0.189. The Labute approximate surface area is 222 Å². The molecular weight excluding hydrogens is 512 g/mol. The third kappa shape index (κ3) is 6.10. The van der Waals surface area contributed by atoms with Crippen molar-refractivity contribution in [3.05, 3.63) is 77.4 Å².